The van der Waals surface area contributed by atoms with Gasteiger partial charge in [-0.2, -0.15) is 0 Å². The van der Waals surface area contributed by atoms with Crippen LogP contribution in [0.3, 0.4) is 0 Å². The summed E-state index contributed by atoms with van der Waals surface area (Å²) in [5.74, 6) is -0.678. The SMILES string of the molecule is O=C(CC1NC(=O)NC1=O)NCCN1CCc2ccccc2C1. The summed E-state index contributed by atoms with van der Waals surface area (Å²) in [6.45, 7) is 3.17. The van der Waals surface area contributed by atoms with Gasteiger partial charge in [0, 0.05) is 26.2 Å². The number of imide groups is 1. The first-order chi connectivity index (χ1) is 11.1. The van der Waals surface area contributed by atoms with E-state index in [0.717, 1.165) is 26.1 Å². The molecule has 2 heterocycles. The van der Waals surface area contributed by atoms with E-state index in [4.69, 9.17) is 0 Å². The zero-order valence-corrected chi connectivity index (χ0v) is 12.8. The minimum atomic E-state index is -0.760. The van der Waals surface area contributed by atoms with E-state index >= 15 is 0 Å². The first-order valence-electron chi connectivity index (χ1n) is 7.79. The molecule has 1 fully saturated rings. The highest BCUT2D eigenvalue weighted by molar-refractivity contribution is 6.05. The van der Waals surface area contributed by atoms with Crippen molar-refractivity contribution in [1.29, 1.82) is 0 Å². The number of nitrogens with zero attached hydrogens (tertiary/aromatic N) is 1. The lowest BCUT2D eigenvalue weighted by atomic mass is 10.00. The molecule has 1 aromatic rings. The van der Waals surface area contributed by atoms with Crippen LogP contribution < -0.4 is 16.0 Å². The highest BCUT2D eigenvalue weighted by Gasteiger charge is 2.31. The molecule has 122 valence electrons. The van der Waals surface area contributed by atoms with Crippen LogP contribution in [0.5, 0.6) is 0 Å². The molecule has 0 aliphatic carbocycles. The van der Waals surface area contributed by atoms with Gasteiger partial charge in [-0.15, -0.1) is 0 Å². The number of fused-ring (bicyclic) bond motifs is 1. The third-order valence-electron chi connectivity index (χ3n) is 4.21. The van der Waals surface area contributed by atoms with Gasteiger partial charge in [0.1, 0.15) is 6.04 Å². The maximum absolute atomic E-state index is 11.8. The molecule has 1 unspecified atom stereocenters. The first kappa shape index (κ1) is 15.5. The maximum Gasteiger partial charge on any atom is 0.322 e. The number of hydrogen-bond donors (Lipinski definition) is 3. The molecule has 3 N–H and O–H groups in total. The standard InChI is InChI=1S/C16H20N4O3/c21-14(9-13-15(22)19-16(23)18-13)17-6-8-20-7-5-11-3-1-2-4-12(11)10-20/h1-4,13H,5-10H2,(H,17,21)(H2,18,19,22,23). The summed E-state index contributed by atoms with van der Waals surface area (Å²) >= 11 is 0. The number of hydrogen-bond acceptors (Lipinski definition) is 4. The molecule has 3 rings (SSSR count). The van der Waals surface area contributed by atoms with Crippen molar-refractivity contribution in [1.82, 2.24) is 20.9 Å². The number of benzene rings is 1. The second kappa shape index (κ2) is 6.78. The number of rotatable bonds is 5. The van der Waals surface area contributed by atoms with Crippen LogP contribution in [0.25, 0.3) is 0 Å². The fourth-order valence-corrected chi connectivity index (χ4v) is 2.96. The Balaban J connectivity index is 1.39. The van der Waals surface area contributed by atoms with Gasteiger partial charge >= 0.3 is 6.03 Å². The Morgan fingerprint density at radius 2 is 2.04 bits per heavy atom. The molecule has 2 aliphatic heterocycles. The van der Waals surface area contributed by atoms with Gasteiger partial charge in [-0.25, -0.2) is 4.79 Å². The molecule has 1 saturated heterocycles. The maximum atomic E-state index is 11.8. The van der Waals surface area contributed by atoms with Crippen LogP contribution in [0.2, 0.25) is 0 Å². The van der Waals surface area contributed by atoms with Crippen molar-refractivity contribution in [3.63, 3.8) is 0 Å². The molecule has 0 saturated carbocycles. The van der Waals surface area contributed by atoms with E-state index in [2.05, 4.69) is 39.0 Å². The lowest BCUT2D eigenvalue weighted by molar-refractivity contribution is -0.126. The van der Waals surface area contributed by atoms with Crippen LogP contribution >= 0.6 is 0 Å². The second-order valence-corrected chi connectivity index (χ2v) is 5.86. The first-order valence-corrected chi connectivity index (χ1v) is 7.79. The predicted molar refractivity (Wildman–Crippen MR) is 83.5 cm³/mol. The van der Waals surface area contributed by atoms with Crippen molar-refractivity contribution >= 4 is 17.8 Å². The fraction of sp³-hybridized carbons (Fsp3) is 0.438. The van der Waals surface area contributed by atoms with Gasteiger partial charge in [-0.05, 0) is 17.5 Å². The van der Waals surface area contributed by atoms with E-state index < -0.39 is 18.0 Å². The van der Waals surface area contributed by atoms with Crippen molar-refractivity contribution in [2.45, 2.75) is 25.4 Å². The molecule has 1 aromatic carbocycles. The number of carbonyl (C=O) groups is 3. The Morgan fingerprint density at radius 3 is 2.78 bits per heavy atom. The van der Waals surface area contributed by atoms with E-state index in [1.807, 2.05) is 6.07 Å². The molecule has 7 nitrogen and oxygen atoms in total. The van der Waals surface area contributed by atoms with Gasteiger partial charge in [0.2, 0.25) is 5.91 Å². The summed E-state index contributed by atoms with van der Waals surface area (Å²) in [6.07, 6.45) is 0.999. The highest BCUT2D eigenvalue weighted by Crippen LogP contribution is 2.17. The van der Waals surface area contributed by atoms with Gasteiger partial charge in [0.05, 0.1) is 6.42 Å². The monoisotopic (exact) mass is 316 g/mol. The quantitative estimate of drug-likeness (QED) is 0.654. The average Bonchev–Trinajstić information content (AvgIpc) is 2.84. The van der Waals surface area contributed by atoms with E-state index in [1.54, 1.807) is 0 Å². The lowest BCUT2D eigenvalue weighted by Gasteiger charge is -2.28. The lowest BCUT2D eigenvalue weighted by Crippen LogP contribution is -2.40. The van der Waals surface area contributed by atoms with Crippen LogP contribution in [-0.2, 0) is 22.6 Å². The zero-order valence-electron chi connectivity index (χ0n) is 12.8. The van der Waals surface area contributed by atoms with Gasteiger partial charge in [0.15, 0.2) is 0 Å². The molecule has 4 amide bonds. The molecule has 1 atom stereocenters. The summed E-state index contributed by atoms with van der Waals surface area (Å²) in [4.78, 5) is 36.5. The molecule has 0 aromatic heterocycles. The van der Waals surface area contributed by atoms with Crippen molar-refractivity contribution in [2.24, 2.45) is 0 Å². The van der Waals surface area contributed by atoms with Crippen LogP contribution in [-0.4, -0.2) is 48.4 Å². The van der Waals surface area contributed by atoms with Crippen LogP contribution in [0.4, 0.5) is 4.79 Å². The van der Waals surface area contributed by atoms with Crippen molar-refractivity contribution in [3.05, 3.63) is 35.4 Å². The van der Waals surface area contributed by atoms with E-state index in [-0.39, 0.29) is 12.3 Å². The number of urea groups is 1. The van der Waals surface area contributed by atoms with Gasteiger partial charge in [0.25, 0.3) is 5.91 Å². The molecule has 0 bridgehead atoms. The second-order valence-electron chi connectivity index (χ2n) is 5.86. The molecule has 2 aliphatic rings. The van der Waals surface area contributed by atoms with E-state index in [9.17, 15) is 14.4 Å². The van der Waals surface area contributed by atoms with Gasteiger partial charge in [-0.3, -0.25) is 19.8 Å². The van der Waals surface area contributed by atoms with E-state index in [1.165, 1.54) is 11.1 Å². The molecule has 0 spiro atoms. The largest absolute Gasteiger partial charge is 0.355 e. The summed E-state index contributed by atoms with van der Waals surface area (Å²) in [6, 6.07) is 7.11. The van der Waals surface area contributed by atoms with Gasteiger partial charge < -0.3 is 10.6 Å². The summed E-state index contributed by atoms with van der Waals surface area (Å²) < 4.78 is 0. The molecule has 0 radical (unpaired) electrons. The topological polar surface area (TPSA) is 90.5 Å². The Hall–Kier alpha value is -2.41. The van der Waals surface area contributed by atoms with E-state index in [0.29, 0.717) is 6.54 Å². The summed E-state index contributed by atoms with van der Waals surface area (Å²) in [5, 5.41) is 7.33. The minimum Gasteiger partial charge on any atom is -0.355 e. The Bertz CT molecular complexity index is 632. The van der Waals surface area contributed by atoms with Crippen molar-refractivity contribution in [3.8, 4) is 0 Å². The summed E-state index contributed by atoms with van der Waals surface area (Å²) in [5.41, 5.74) is 2.74. The normalized spacial score (nSPS) is 20.6. The minimum absolute atomic E-state index is 0.0274. The number of nitrogens with one attached hydrogen (secondary N) is 3. The molecular formula is C16H20N4O3. The van der Waals surface area contributed by atoms with Crippen molar-refractivity contribution < 1.29 is 14.4 Å². The number of carbonyl (C=O) groups excluding carboxylic acids is 3. The Labute approximate surface area is 134 Å². The third kappa shape index (κ3) is 3.87. The van der Waals surface area contributed by atoms with Crippen LogP contribution in [0.1, 0.15) is 17.5 Å². The third-order valence-corrected chi connectivity index (χ3v) is 4.21. The molecule has 7 heteroatoms. The predicted octanol–water partition coefficient (Wildman–Crippen LogP) is -0.241. The van der Waals surface area contributed by atoms with Crippen LogP contribution in [0.15, 0.2) is 24.3 Å². The fourth-order valence-electron chi connectivity index (χ4n) is 2.96. The van der Waals surface area contributed by atoms with Gasteiger partial charge in [-0.1, -0.05) is 24.3 Å². The number of amides is 4. The Kier molecular flexibility index (Phi) is 4.57. The highest BCUT2D eigenvalue weighted by atomic mass is 16.2. The average molecular weight is 316 g/mol. The Morgan fingerprint density at radius 1 is 1.26 bits per heavy atom. The molecular weight excluding hydrogens is 296 g/mol. The van der Waals surface area contributed by atoms with Crippen molar-refractivity contribution in [2.75, 3.05) is 19.6 Å². The summed E-state index contributed by atoms with van der Waals surface area (Å²) in [7, 11) is 0. The zero-order chi connectivity index (χ0) is 16.2. The van der Waals surface area contributed by atoms with Crippen LogP contribution in [0, 0.1) is 0 Å². The smallest absolute Gasteiger partial charge is 0.322 e. The molecule has 23 heavy (non-hydrogen) atoms.